The SMILES string of the molecule is CC(N)(C(=O)Nc1ccc(OC2CCOC2)cc1)c1ccccc1. The lowest BCUT2D eigenvalue weighted by atomic mass is 9.92. The molecule has 1 aliphatic heterocycles. The molecule has 1 heterocycles. The number of ether oxygens (including phenoxy) is 2. The number of benzene rings is 2. The highest BCUT2D eigenvalue weighted by molar-refractivity contribution is 5.98. The molecule has 3 rings (SSSR count). The van der Waals surface area contributed by atoms with Gasteiger partial charge in [-0.05, 0) is 36.8 Å². The van der Waals surface area contributed by atoms with Crippen LogP contribution in [0.3, 0.4) is 0 Å². The van der Waals surface area contributed by atoms with Gasteiger partial charge in [0.15, 0.2) is 0 Å². The molecule has 5 nitrogen and oxygen atoms in total. The predicted octanol–water partition coefficient (Wildman–Crippen LogP) is 2.67. The molecule has 0 aromatic heterocycles. The Kier molecular flexibility index (Phi) is 4.83. The molecule has 2 aromatic rings. The summed E-state index contributed by atoms with van der Waals surface area (Å²) in [6.07, 6.45) is 1.01. The minimum absolute atomic E-state index is 0.107. The lowest BCUT2D eigenvalue weighted by Gasteiger charge is -2.24. The van der Waals surface area contributed by atoms with Gasteiger partial charge in [0, 0.05) is 12.1 Å². The molecule has 0 bridgehead atoms. The summed E-state index contributed by atoms with van der Waals surface area (Å²) < 4.78 is 11.1. The highest BCUT2D eigenvalue weighted by Gasteiger charge is 2.30. The van der Waals surface area contributed by atoms with Crippen LogP contribution >= 0.6 is 0 Å². The van der Waals surface area contributed by atoms with Crippen LogP contribution in [0.1, 0.15) is 18.9 Å². The van der Waals surface area contributed by atoms with Crippen molar-refractivity contribution < 1.29 is 14.3 Å². The lowest BCUT2D eigenvalue weighted by molar-refractivity contribution is -0.120. The molecule has 126 valence electrons. The average molecular weight is 326 g/mol. The van der Waals surface area contributed by atoms with Gasteiger partial charge < -0.3 is 20.5 Å². The van der Waals surface area contributed by atoms with Crippen LogP contribution in [-0.4, -0.2) is 25.2 Å². The smallest absolute Gasteiger partial charge is 0.248 e. The van der Waals surface area contributed by atoms with Crippen LogP contribution in [0, 0.1) is 0 Å². The second-order valence-electron chi connectivity index (χ2n) is 6.15. The zero-order valence-corrected chi connectivity index (χ0v) is 13.7. The Bertz CT molecular complexity index is 678. The van der Waals surface area contributed by atoms with Crippen LogP contribution in [-0.2, 0) is 15.1 Å². The third-order valence-corrected chi connectivity index (χ3v) is 4.15. The standard InChI is InChI=1S/C19H22N2O3/c1-19(20,14-5-3-2-4-6-14)18(22)21-15-7-9-16(10-8-15)24-17-11-12-23-13-17/h2-10,17H,11-13,20H2,1H3,(H,21,22). The largest absolute Gasteiger partial charge is 0.488 e. The molecule has 0 spiro atoms. The van der Waals surface area contributed by atoms with Crippen LogP contribution < -0.4 is 15.8 Å². The number of amides is 1. The van der Waals surface area contributed by atoms with Gasteiger partial charge in [0.1, 0.15) is 17.4 Å². The molecule has 1 amide bonds. The molecule has 1 fully saturated rings. The molecule has 1 saturated heterocycles. The Hall–Kier alpha value is -2.37. The number of carbonyl (C=O) groups is 1. The first-order valence-electron chi connectivity index (χ1n) is 8.06. The number of nitrogens with one attached hydrogen (secondary N) is 1. The quantitative estimate of drug-likeness (QED) is 0.886. The number of nitrogens with two attached hydrogens (primary N) is 1. The second kappa shape index (κ2) is 7.03. The van der Waals surface area contributed by atoms with E-state index in [0.29, 0.717) is 12.3 Å². The van der Waals surface area contributed by atoms with E-state index in [2.05, 4.69) is 5.32 Å². The van der Waals surface area contributed by atoms with Gasteiger partial charge in [0.05, 0.1) is 13.2 Å². The van der Waals surface area contributed by atoms with E-state index in [-0.39, 0.29) is 12.0 Å². The zero-order valence-electron chi connectivity index (χ0n) is 13.7. The number of rotatable bonds is 5. The van der Waals surface area contributed by atoms with Gasteiger partial charge in [0.2, 0.25) is 5.91 Å². The average Bonchev–Trinajstić information content (AvgIpc) is 3.10. The van der Waals surface area contributed by atoms with Gasteiger partial charge in [-0.3, -0.25) is 4.79 Å². The van der Waals surface area contributed by atoms with Crippen LogP contribution in [0.2, 0.25) is 0 Å². The van der Waals surface area contributed by atoms with Gasteiger partial charge >= 0.3 is 0 Å². The van der Waals surface area contributed by atoms with Crippen molar-refractivity contribution in [3.63, 3.8) is 0 Å². The number of anilines is 1. The number of carbonyl (C=O) groups excluding carboxylic acids is 1. The van der Waals surface area contributed by atoms with Crippen molar-refractivity contribution >= 4 is 11.6 Å². The molecule has 0 radical (unpaired) electrons. The van der Waals surface area contributed by atoms with E-state index in [1.54, 1.807) is 6.92 Å². The summed E-state index contributed by atoms with van der Waals surface area (Å²) in [6.45, 7) is 3.07. The molecule has 5 heteroatoms. The Labute approximate surface area is 141 Å². The van der Waals surface area contributed by atoms with Gasteiger partial charge in [-0.2, -0.15) is 0 Å². The molecule has 2 aromatic carbocycles. The van der Waals surface area contributed by atoms with E-state index in [9.17, 15) is 4.79 Å². The third kappa shape index (κ3) is 3.75. The minimum atomic E-state index is -1.10. The van der Waals surface area contributed by atoms with Crippen LogP contribution in [0.15, 0.2) is 54.6 Å². The highest BCUT2D eigenvalue weighted by atomic mass is 16.5. The molecule has 3 N–H and O–H groups in total. The molecule has 2 unspecified atom stereocenters. The molecule has 2 atom stereocenters. The first-order chi connectivity index (χ1) is 11.6. The summed E-state index contributed by atoms with van der Waals surface area (Å²) in [5.41, 5.74) is 6.57. The van der Waals surface area contributed by atoms with Gasteiger partial charge in [0.25, 0.3) is 0 Å². The first-order valence-corrected chi connectivity index (χ1v) is 8.06. The van der Waals surface area contributed by atoms with Gasteiger partial charge in [-0.15, -0.1) is 0 Å². The van der Waals surface area contributed by atoms with E-state index in [1.165, 1.54) is 0 Å². The zero-order chi connectivity index (χ0) is 17.0. The molecular formula is C19H22N2O3. The summed E-state index contributed by atoms with van der Waals surface area (Å²) in [5, 5.41) is 2.86. The molecule has 24 heavy (non-hydrogen) atoms. The fraction of sp³-hybridized carbons (Fsp3) is 0.316. The first kappa shape index (κ1) is 16.5. The predicted molar refractivity (Wildman–Crippen MR) is 92.9 cm³/mol. The Morgan fingerprint density at radius 2 is 1.92 bits per heavy atom. The molecule has 1 aliphatic rings. The van der Waals surface area contributed by atoms with Crippen molar-refractivity contribution in [2.24, 2.45) is 5.73 Å². The topological polar surface area (TPSA) is 73.6 Å². The maximum absolute atomic E-state index is 12.5. The lowest BCUT2D eigenvalue weighted by Crippen LogP contribution is -2.45. The Morgan fingerprint density at radius 1 is 1.21 bits per heavy atom. The van der Waals surface area contributed by atoms with Gasteiger partial charge in [-0.25, -0.2) is 0 Å². The summed E-state index contributed by atoms with van der Waals surface area (Å²) in [5.74, 6) is 0.508. The van der Waals surface area contributed by atoms with Crippen LogP contribution in [0.5, 0.6) is 5.75 Å². The van der Waals surface area contributed by atoms with Crippen molar-refractivity contribution in [2.45, 2.75) is 25.0 Å². The van der Waals surface area contributed by atoms with Crippen molar-refractivity contribution in [1.82, 2.24) is 0 Å². The van der Waals surface area contributed by atoms with Gasteiger partial charge in [-0.1, -0.05) is 30.3 Å². The van der Waals surface area contributed by atoms with E-state index in [4.69, 9.17) is 15.2 Å². The second-order valence-corrected chi connectivity index (χ2v) is 6.15. The minimum Gasteiger partial charge on any atom is -0.488 e. The molecule has 0 aliphatic carbocycles. The molecular weight excluding hydrogens is 304 g/mol. The number of hydrogen-bond acceptors (Lipinski definition) is 4. The summed E-state index contributed by atoms with van der Waals surface area (Å²) >= 11 is 0. The van der Waals surface area contributed by atoms with E-state index >= 15 is 0 Å². The van der Waals surface area contributed by atoms with Crippen molar-refractivity contribution in [1.29, 1.82) is 0 Å². The van der Waals surface area contributed by atoms with Crippen LogP contribution in [0.25, 0.3) is 0 Å². The van der Waals surface area contributed by atoms with E-state index < -0.39 is 5.54 Å². The van der Waals surface area contributed by atoms with Crippen LogP contribution in [0.4, 0.5) is 5.69 Å². The van der Waals surface area contributed by atoms with E-state index in [1.807, 2.05) is 54.6 Å². The normalized spacial score (nSPS) is 19.5. The summed E-state index contributed by atoms with van der Waals surface area (Å²) in [6, 6.07) is 16.6. The fourth-order valence-corrected chi connectivity index (χ4v) is 2.59. The summed E-state index contributed by atoms with van der Waals surface area (Å²) in [4.78, 5) is 12.5. The number of hydrogen-bond donors (Lipinski definition) is 2. The maximum Gasteiger partial charge on any atom is 0.248 e. The Balaban J connectivity index is 1.63. The van der Waals surface area contributed by atoms with Crippen molar-refractivity contribution in [3.05, 3.63) is 60.2 Å². The highest BCUT2D eigenvalue weighted by Crippen LogP contribution is 2.22. The fourth-order valence-electron chi connectivity index (χ4n) is 2.59. The molecule has 0 saturated carbocycles. The van der Waals surface area contributed by atoms with Crippen molar-refractivity contribution in [3.8, 4) is 5.75 Å². The Morgan fingerprint density at radius 3 is 2.54 bits per heavy atom. The monoisotopic (exact) mass is 326 g/mol. The van der Waals surface area contributed by atoms with E-state index in [0.717, 1.165) is 24.3 Å². The maximum atomic E-state index is 12.5. The third-order valence-electron chi connectivity index (χ3n) is 4.15. The van der Waals surface area contributed by atoms with Crippen molar-refractivity contribution in [2.75, 3.05) is 18.5 Å². The summed E-state index contributed by atoms with van der Waals surface area (Å²) in [7, 11) is 0.